The number of unbranched alkanes of at least 4 members (excludes halogenated alkanes) is 1. The van der Waals surface area contributed by atoms with Gasteiger partial charge in [-0.3, -0.25) is 4.79 Å². The van der Waals surface area contributed by atoms with Crippen molar-refractivity contribution in [3.05, 3.63) is 0 Å². The van der Waals surface area contributed by atoms with Gasteiger partial charge in [0.25, 0.3) is 0 Å². The second-order valence-corrected chi connectivity index (χ2v) is 5.69. The molecule has 0 aliphatic rings. The van der Waals surface area contributed by atoms with E-state index in [1.807, 2.05) is 0 Å². The van der Waals surface area contributed by atoms with Gasteiger partial charge in [-0.2, -0.15) is 4.31 Å². The van der Waals surface area contributed by atoms with Crippen LogP contribution >= 0.6 is 0 Å². The summed E-state index contributed by atoms with van der Waals surface area (Å²) in [5, 5.41) is 8.70. The molecule has 0 aromatic heterocycles. The fraction of sp³-hybridized carbons (Fsp3) is 0.889. The number of hydrogen-bond donors (Lipinski definition) is 1. The Balaban J connectivity index is 4.27. The minimum absolute atomic E-state index is 0.0511. The van der Waals surface area contributed by atoms with Gasteiger partial charge in [0, 0.05) is 20.8 Å². The third-order valence-electron chi connectivity index (χ3n) is 2.34. The predicted octanol–water partition coefficient (Wildman–Crippen LogP) is 0.148. The van der Waals surface area contributed by atoms with Crippen molar-refractivity contribution in [3.63, 3.8) is 0 Å². The highest BCUT2D eigenvalue weighted by Crippen LogP contribution is 2.07. The van der Waals surface area contributed by atoms with Crippen LogP contribution in [0.2, 0.25) is 0 Å². The number of carboxylic acid groups (broad SMARTS) is 1. The third-order valence-corrected chi connectivity index (χ3v) is 4.34. The molecular formula is C9H19NO5S. The molecule has 0 radical (unpaired) electrons. The fourth-order valence-corrected chi connectivity index (χ4v) is 2.50. The van der Waals surface area contributed by atoms with E-state index in [1.54, 1.807) is 7.11 Å². The third kappa shape index (κ3) is 4.91. The maximum Gasteiger partial charge on any atom is 0.321 e. The number of likely N-dealkylation sites (N-methyl/N-ethyl adjacent to an activating group) is 1. The largest absolute Gasteiger partial charge is 0.480 e. The van der Waals surface area contributed by atoms with Gasteiger partial charge in [-0.05, 0) is 19.8 Å². The highest BCUT2D eigenvalue weighted by atomic mass is 32.2. The minimum Gasteiger partial charge on any atom is -0.480 e. The average molecular weight is 253 g/mol. The predicted molar refractivity (Wildman–Crippen MR) is 59.8 cm³/mol. The molecule has 16 heavy (non-hydrogen) atoms. The normalized spacial score (nSPS) is 14.0. The first-order chi connectivity index (χ1) is 7.33. The quantitative estimate of drug-likeness (QED) is 0.622. The zero-order chi connectivity index (χ0) is 12.8. The summed E-state index contributed by atoms with van der Waals surface area (Å²) in [5.41, 5.74) is 0. The van der Waals surface area contributed by atoms with Gasteiger partial charge >= 0.3 is 5.97 Å². The van der Waals surface area contributed by atoms with Crippen molar-refractivity contribution in [2.75, 3.05) is 26.5 Å². The Morgan fingerprint density at radius 1 is 1.44 bits per heavy atom. The summed E-state index contributed by atoms with van der Waals surface area (Å²) < 4.78 is 29.0. The highest BCUT2D eigenvalue weighted by Gasteiger charge is 2.27. The van der Waals surface area contributed by atoms with E-state index in [4.69, 9.17) is 9.84 Å². The van der Waals surface area contributed by atoms with Crippen LogP contribution < -0.4 is 0 Å². The van der Waals surface area contributed by atoms with E-state index in [0.717, 1.165) is 4.31 Å². The van der Waals surface area contributed by atoms with E-state index in [0.29, 0.717) is 19.4 Å². The van der Waals surface area contributed by atoms with Crippen LogP contribution in [-0.4, -0.2) is 56.4 Å². The van der Waals surface area contributed by atoms with Crippen molar-refractivity contribution in [1.82, 2.24) is 4.31 Å². The summed E-state index contributed by atoms with van der Waals surface area (Å²) in [5.74, 6) is -1.20. The number of carboxylic acids is 1. The van der Waals surface area contributed by atoms with Crippen LogP contribution in [0.1, 0.15) is 19.8 Å². The number of hydrogen-bond acceptors (Lipinski definition) is 4. The van der Waals surface area contributed by atoms with E-state index >= 15 is 0 Å². The van der Waals surface area contributed by atoms with Crippen LogP contribution in [0.15, 0.2) is 0 Å². The molecule has 0 rings (SSSR count). The SMILES string of the molecule is COCCCCS(=O)(=O)N(C)C(C)C(=O)O. The summed E-state index contributed by atoms with van der Waals surface area (Å²) >= 11 is 0. The molecule has 1 unspecified atom stereocenters. The Kier molecular flexibility index (Phi) is 6.54. The number of sulfonamides is 1. The molecule has 0 saturated carbocycles. The summed E-state index contributed by atoms with van der Waals surface area (Å²) in [7, 11) is -0.657. The van der Waals surface area contributed by atoms with Crippen LogP contribution in [0, 0.1) is 0 Å². The van der Waals surface area contributed by atoms with Gasteiger partial charge in [-0.15, -0.1) is 0 Å². The summed E-state index contributed by atoms with van der Waals surface area (Å²) in [6.45, 7) is 1.85. The smallest absolute Gasteiger partial charge is 0.321 e. The number of aliphatic carboxylic acids is 1. The first kappa shape index (κ1) is 15.3. The lowest BCUT2D eigenvalue weighted by molar-refractivity contribution is -0.140. The highest BCUT2D eigenvalue weighted by molar-refractivity contribution is 7.89. The average Bonchev–Trinajstić information content (AvgIpc) is 2.22. The number of nitrogens with zero attached hydrogens (tertiary/aromatic N) is 1. The number of carbonyl (C=O) groups is 1. The molecule has 96 valence electrons. The molecule has 0 bridgehead atoms. The first-order valence-electron chi connectivity index (χ1n) is 5.00. The Morgan fingerprint density at radius 3 is 2.44 bits per heavy atom. The summed E-state index contributed by atoms with van der Waals surface area (Å²) in [6.07, 6.45) is 1.11. The lowest BCUT2D eigenvalue weighted by Gasteiger charge is -2.20. The maximum atomic E-state index is 11.7. The van der Waals surface area contributed by atoms with Crippen LogP contribution in [0.4, 0.5) is 0 Å². The molecule has 0 amide bonds. The molecule has 0 saturated heterocycles. The van der Waals surface area contributed by atoms with Gasteiger partial charge in [-0.25, -0.2) is 8.42 Å². The van der Waals surface area contributed by atoms with Gasteiger partial charge in [0.2, 0.25) is 10.0 Å². The molecule has 0 fully saturated rings. The van der Waals surface area contributed by atoms with Crippen molar-refractivity contribution >= 4 is 16.0 Å². The van der Waals surface area contributed by atoms with E-state index < -0.39 is 22.0 Å². The Morgan fingerprint density at radius 2 is 2.00 bits per heavy atom. The van der Waals surface area contributed by atoms with Crippen LogP contribution in [0.3, 0.4) is 0 Å². The Hall–Kier alpha value is -0.660. The minimum atomic E-state index is -3.49. The molecule has 1 atom stereocenters. The van der Waals surface area contributed by atoms with Gasteiger partial charge in [-0.1, -0.05) is 0 Å². The van der Waals surface area contributed by atoms with Crippen LogP contribution in [-0.2, 0) is 19.6 Å². The van der Waals surface area contributed by atoms with E-state index in [1.165, 1.54) is 14.0 Å². The fourth-order valence-electron chi connectivity index (χ4n) is 1.07. The van der Waals surface area contributed by atoms with Gasteiger partial charge in [0.1, 0.15) is 6.04 Å². The van der Waals surface area contributed by atoms with Crippen molar-refractivity contribution in [1.29, 1.82) is 0 Å². The molecule has 0 aromatic rings. The monoisotopic (exact) mass is 253 g/mol. The number of rotatable bonds is 8. The second-order valence-electron chi connectivity index (χ2n) is 3.55. The van der Waals surface area contributed by atoms with Crippen molar-refractivity contribution in [3.8, 4) is 0 Å². The van der Waals surface area contributed by atoms with E-state index in [9.17, 15) is 13.2 Å². The molecule has 0 heterocycles. The number of methoxy groups -OCH3 is 1. The lowest BCUT2D eigenvalue weighted by atomic mass is 10.4. The molecule has 0 aromatic carbocycles. The van der Waals surface area contributed by atoms with Gasteiger partial charge < -0.3 is 9.84 Å². The van der Waals surface area contributed by atoms with E-state index in [2.05, 4.69) is 0 Å². The van der Waals surface area contributed by atoms with Crippen molar-refractivity contribution in [2.24, 2.45) is 0 Å². The van der Waals surface area contributed by atoms with Crippen molar-refractivity contribution in [2.45, 2.75) is 25.8 Å². The second kappa shape index (κ2) is 6.82. The zero-order valence-electron chi connectivity index (χ0n) is 9.84. The summed E-state index contributed by atoms with van der Waals surface area (Å²) in [6, 6.07) is -1.03. The van der Waals surface area contributed by atoms with Gasteiger partial charge in [0.15, 0.2) is 0 Å². The molecule has 1 N–H and O–H groups in total. The van der Waals surface area contributed by atoms with Gasteiger partial charge in [0.05, 0.1) is 5.75 Å². The number of ether oxygens (including phenoxy) is 1. The van der Waals surface area contributed by atoms with Crippen molar-refractivity contribution < 1.29 is 23.1 Å². The molecular weight excluding hydrogens is 234 g/mol. The Labute approximate surface area is 96.2 Å². The van der Waals surface area contributed by atoms with Crippen LogP contribution in [0.25, 0.3) is 0 Å². The lowest BCUT2D eigenvalue weighted by Crippen LogP contribution is -2.41. The molecule has 6 nitrogen and oxygen atoms in total. The molecule has 0 aliphatic heterocycles. The summed E-state index contributed by atoms with van der Waals surface area (Å²) in [4.78, 5) is 10.6. The van der Waals surface area contributed by atoms with Crippen LogP contribution in [0.5, 0.6) is 0 Å². The molecule has 0 aliphatic carbocycles. The standard InChI is InChI=1S/C9H19NO5S/c1-8(9(11)12)10(2)16(13,14)7-5-4-6-15-3/h8H,4-7H2,1-3H3,(H,11,12). The van der Waals surface area contributed by atoms with E-state index in [-0.39, 0.29) is 5.75 Å². The molecule has 0 spiro atoms. The first-order valence-corrected chi connectivity index (χ1v) is 6.61. The maximum absolute atomic E-state index is 11.7. The topological polar surface area (TPSA) is 83.9 Å². The Bertz CT molecular complexity index is 314. The molecule has 7 heteroatoms. The zero-order valence-corrected chi connectivity index (χ0v) is 10.7.